The molecule has 0 aliphatic carbocycles. The molecule has 1 N–H and O–H groups in total. The van der Waals surface area contributed by atoms with Crippen molar-refractivity contribution in [2.45, 2.75) is 64.3 Å². The van der Waals surface area contributed by atoms with Crippen molar-refractivity contribution in [1.82, 2.24) is 10.2 Å². The maximum Gasteiger partial charge on any atom is 0.407 e. The van der Waals surface area contributed by atoms with Gasteiger partial charge < -0.3 is 19.7 Å². The van der Waals surface area contributed by atoms with Gasteiger partial charge >= 0.3 is 12.1 Å². The lowest BCUT2D eigenvalue weighted by molar-refractivity contribution is -0.140. The molecule has 1 unspecified atom stereocenters. The number of carbonyl (C=O) groups excluding carboxylic acids is 3. The van der Waals surface area contributed by atoms with Crippen LogP contribution >= 0.6 is 0 Å². The lowest BCUT2D eigenvalue weighted by atomic mass is 10.2. The molecule has 0 spiro atoms. The molecule has 1 rings (SSSR count). The fourth-order valence-corrected chi connectivity index (χ4v) is 2.62. The number of rotatable bonds is 10. The summed E-state index contributed by atoms with van der Waals surface area (Å²) in [4.78, 5) is 36.3. The minimum absolute atomic E-state index is 0.0332. The van der Waals surface area contributed by atoms with Crippen LogP contribution in [0.5, 0.6) is 0 Å². The van der Waals surface area contributed by atoms with Crippen molar-refractivity contribution < 1.29 is 23.9 Å². The number of hydrogen-bond acceptors (Lipinski definition) is 5. The van der Waals surface area contributed by atoms with E-state index >= 15 is 0 Å². The van der Waals surface area contributed by atoms with Crippen LogP contribution in [0.1, 0.15) is 58.3 Å². The minimum atomic E-state index is -0.436. The second kappa shape index (κ2) is 13.0. The summed E-state index contributed by atoms with van der Waals surface area (Å²) in [6, 6.07) is -0.117. The Bertz CT molecular complexity index is 524. The molecular weight excluding hydrogens is 336 g/mol. The summed E-state index contributed by atoms with van der Waals surface area (Å²) in [5, 5.41) is 2.72. The number of carbonyl (C=O) groups is 3. The second-order valence-electron chi connectivity index (χ2n) is 6.23. The van der Waals surface area contributed by atoms with Crippen LogP contribution in [0.2, 0.25) is 0 Å². The van der Waals surface area contributed by atoms with E-state index in [1.165, 1.54) is 7.11 Å². The number of unbranched alkanes of at least 4 members (excludes halogenated alkanes) is 3. The zero-order valence-corrected chi connectivity index (χ0v) is 15.8. The van der Waals surface area contributed by atoms with E-state index in [1.54, 1.807) is 4.90 Å². The summed E-state index contributed by atoms with van der Waals surface area (Å²) in [6.07, 6.45) is 5.36. The smallest absolute Gasteiger partial charge is 0.407 e. The van der Waals surface area contributed by atoms with Gasteiger partial charge in [-0.15, -0.1) is 5.92 Å². The monoisotopic (exact) mass is 366 g/mol. The number of methoxy groups -OCH3 is 1. The van der Waals surface area contributed by atoms with Crippen molar-refractivity contribution in [2.24, 2.45) is 0 Å². The van der Waals surface area contributed by atoms with Crippen LogP contribution in [-0.2, 0) is 19.1 Å². The first-order chi connectivity index (χ1) is 12.6. The Morgan fingerprint density at radius 2 is 2.08 bits per heavy atom. The van der Waals surface area contributed by atoms with Crippen LogP contribution in [0.4, 0.5) is 4.79 Å². The normalized spacial score (nSPS) is 16.0. The van der Waals surface area contributed by atoms with Gasteiger partial charge in [-0.3, -0.25) is 9.59 Å². The van der Waals surface area contributed by atoms with Crippen molar-refractivity contribution >= 4 is 18.0 Å². The van der Waals surface area contributed by atoms with E-state index in [9.17, 15) is 14.4 Å². The van der Waals surface area contributed by atoms with Crippen LogP contribution in [0.25, 0.3) is 0 Å². The van der Waals surface area contributed by atoms with Crippen molar-refractivity contribution in [3.05, 3.63) is 0 Å². The van der Waals surface area contributed by atoms with E-state index in [2.05, 4.69) is 28.8 Å². The molecule has 0 aromatic heterocycles. The Kier molecular flexibility index (Phi) is 10.9. The number of ether oxygens (including phenoxy) is 2. The highest BCUT2D eigenvalue weighted by atomic mass is 16.5. The lowest BCUT2D eigenvalue weighted by Gasteiger charge is -2.22. The Morgan fingerprint density at radius 3 is 2.81 bits per heavy atom. The van der Waals surface area contributed by atoms with Gasteiger partial charge in [0.05, 0.1) is 19.7 Å². The molecule has 146 valence electrons. The molecule has 26 heavy (non-hydrogen) atoms. The maximum absolute atomic E-state index is 12.0. The van der Waals surface area contributed by atoms with E-state index in [4.69, 9.17) is 4.74 Å². The molecule has 0 aromatic carbocycles. The van der Waals surface area contributed by atoms with E-state index < -0.39 is 6.09 Å². The molecule has 0 aromatic rings. The first kappa shape index (κ1) is 21.8. The summed E-state index contributed by atoms with van der Waals surface area (Å²) in [7, 11) is 1.36. The van der Waals surface area contributed by atoms with Gasteiger partial charge in [-0.1, -0.05) is 25.7 Å². The summed E-state index contributed by atoms with van der Waals surface area (Å²) in [5.41, 5.74) is 0. The van der Waals surface area contributed by atoms with Crippen LogP contribution in [0, 0.1) is 11.8 Å². The van der Waals surface area contributed by atoms with Gasteiger partial charge in [-0.2, -0.15) is 0 Å². The molecule has 1 fully saturated rings. The van der Waals surface area contributed by atoms with Crippen LogP contribution in [-0.4, -0.2) is 55.7 Å². The Hall–Kier alpha value is -2.23. The summed E-state index contributed by atoms with van der Waals surface area (Å²) >= 11 is 0. The number of hydrogen-bond donors (Lipinski definition) is 1. The van der Waals surface area contributed by atoms with Crippen LogP contribution < -0.4 is 5.32 Å². The maximum atomic E-state index is 12.0. The predicted octanol–water partition coefficient (Wildman–Crippen LogP) is 2.24. The van der Waals surface area contributed by atoms with E-state index in [0.717, 1.165) is 19.3 Å². The molecule has 1 atom stereocenters. The molecule has 1 saturated heterocycles. The van der Waals surface area contributed by atoms with Crippen molar-refractivity contribution in [1.29, 1.82) is 0 Å². The van der Waals surface area contributed by atoms with Gasteiger partial charge in [0.2, 0.25) is 5.91 Å². The zero-order chi connectivity index (χ0) is 19.2. The predicted molar refractivity (Wildman–Crippen MR) is 97.3 cm³/mol. The first-order valence-electron chi connectivity index (χ1n) is 9.31. The number of amides is 2. The van der Waals surface area contributed by atoms with Crippen LogP contribution in [0.3, 0.4) is 0 Å². The number of esters is 1. The number of alkyl carbamates (subject to hydrolysis) is 1. The molecule has 7 heteroatoms. The highest BCUT2D eigenvalue weighted by molar-refractivity contribution is 5.79. The average molecular weight is 366 g/mol. The number of likely N-dealkylation sites (tertiary alicyclic amines) is 1. The molecule has 0 bridgehead atoms. The molecular formula is C19H30N2O5. The van der Waals surface area contributed by atoms with Gasteiger partial charge in [0, 0.05) is 25.8 Å². The summed E-state index contributed by atoms with van der Waals surface area (Å²) in [5.74, 6) is 5.72. The number of nitrogens with zero attached hydrogens (tertiary/aromatic N) is 1. The molecule has 1 aliphatic heterocycles. The Labute approximate surface area is 155 Å². The highest BCUT2D eigenvalue weighted by Gasteiger charge is 2.31. The topological polar surface area (TPSA) is 84.9 Å². The van der Waals surface area contributed by atoms with Crippen molar-refractivity contribution in [3.63, 3.8) is 0 Å². The minimum Gasteiger partial charge on any atom is -0.469 e. The third-order valence-electron chi connectivity index (χ3n) is 4.19. The van der Waals surface area contributed by atoms with Crippen LogP contribution in [0.15, 0.2) is 0 Å². The lowest BCUT2D eigenvalue weighted by Crippen LogP contribution is -2.38. The molecule has 0 radical (unpaired) electrons. The average Bonchev–Trinajstić information content (AvgIpc) is 2.99. The van der Waals surface area contributed by atoms with Gasteiger partial charge in [0.15, 0.2) is 0 Å². The highest BCUT2D eigenvalue weighted by Crippen LogP contribution is 2.18. The van der Waals surface area contributed by atoms with Gasteiger partial charge in [-0.25, -0.2) is 4.79 Å². The SMILES string of the molecule is CCCCCNC(=O)OCC1CCC(=O)N1CC#CCCCC(=O)OC. The zero-order valence-electron chi connectivity index (χ0n) is 15.8. The molecule has 1 heterocycles. The third kappa shape index (κ3) is 8.75. The fourth-order valence-electron chi connectivity index (χ4n) is 2.62. The van der Waals surface area contributed by atoms with Gasteiger partial charge in [0.1, 0.15) is 6.61 Å². The molecule has 0 saturated carbocycles. The quantitative estimate of drug-likeness (QED) is 0.364. The first-order valence-corrected chi connectivity index (χ1v) is 9.31. The largest absolute Gasteiger partial charge is 0.469 e. The van der Waals surface area contributed by atoms with E-state index in [0.29, 0.717) is 45.2 Å². The molecule has 7 nitrogen and oxygen atoms in total. The Balaban J connectivity index is 2.28. The Morgan fingerprint density at radius 1 is 1.27 bits per heavy atom. The summed E-state index contributed by atoms with van der Waals surface area (Å²) in [6.45, 7) is 3.22. The number of nitrogens with one attached hydrogen (secondary N) is 1. The third-order valence-corrected chi connectivity index (χ3v) is 4.19. The van der Waals surface area contributed by atoms with E-state index in [-0.39, 0.29) is 24.5 Å². The molecule has 1 aliphatic rings. The standard InChI is InChI=1S/C19H30N2O5/c1-3-4-8-13-20-19(24)26-15-16-11-12-17(22)21(16)14-9-6-5-7-10-18(23)25-2/h16H,3-5,7-8,10-15H2,1-2H3,(H,20,24). The molecule has 2 amide bonds. The van der Waals surface area contributed by atoms with E-state index in [1.807, 2.05) is 0 Å². The van der Waals surface area contributed by atoms with Crippen molar-refractivity contribution in [3.8, 4) is 11.8 Å². The fraction of sp³-hybridized carbons (Fsp3) is 0.737. The van der Waals surface area contributed by atoms with Gasteiger partial charge in [0.25, 0.3) is 0 Å². The van der Waals surface area contributed by atoms with Crippen molar-refractivity contribution in [2.75, 3.05) is 26.8 Å². The summed E-state index contributed by atoms with van der Waals surface area (Å²) < 4.78 is 9.79. The second-order valence-corrected chi connectivity index (χ2v) is 6.23. The van der Waals surface area contributed by atoms with Gasteiger partial charge in [-0.05, 0) is 19.3 Å².